The summed E-state index contributed by atoms with van der Waals surface area (Å²) in [4.78, 5) is 23.8. The minimum absolute atomic E-state index is 0.116. The summed E-state index contributed by atoms with van der Waals surface area (Å²) in [5.41, 5.74) is 3.05. The summed E-state index contributed by atoms with van der Waals surface area (Å²) in [6.07, 6.45) is 1.38. The van der Waals surface area contributed by atoms with Crippen LogP contribution in [0.5, 0.6) is 11.5 Å². The Kier molecular flexibility index (Phi) is 7.84. The van der Waals surface area contributed by atoms with Gasteiger partial charge in [0.1, 0.15) is 11.6 Å². The highest BCUT2D eigenvalue weighted by molar-refractivity contribution is 6.32. The smallest absolute Gasteiger partial charge is 0.343 e. The highest BCUT2D eigenvalue weighted by Gasteiger charge is 2.15. The van der Waals surface area contributed by atoms with Crippen LogP contribution in [-0.4, -0.2) is 32.7 Å². The van der Waals surface area contributed by atoms with Crippen molar-refractivity contribution in [3.8, 4) is 17.6 Å². The Balaban J connectivity index is 2.28. The highest BCUT2D eigenvalue weighted by Crippen LogP contribution is 2.37. The van der Waals surface area contributed by atoms with Crippen molar-refractivity contribution in [2.75, 3.05) is 26.1 Å². The number of ether oxygens (including phenoxy) is 3. The quantitative estimate of drug-likeness (QED) is 0.405. The molecule has 2 aromatic carbocycles. The van der Waals surface area contributed by atoms with E-state index in [1.54, 1.807) is 12.1 Å². The van der Waals surface area contributed by atoms with Gasteiger partial charge in [0.25, 0.3) is 5.91 Å². The number of halogens is 1. The lowest BCUT2D eigenvalue weighted by atomic mass is 10.1. The van der Waals surface area contributed by atoms with Crippen molar-refractivity contribution < 1.29 is 23.8 Å². The third-order valence-corrected chi connectivity index (χ3v) is 4.54. The fourth-order valence-corrected chi connectivity index (χ4v) is 2.76. The van der Waals surface area contributed by atoms with E-state index in [0.29, 0.717) is 11.3 Å². The standard InChI is InChI=1S/C22H21ClN2O5/c1-13-5-6-17(7-14(13)2)25-22(27)16(11-24)8-15-9-18(23)21(19(10-15)28-3)30-12-20(26)29-4/h5-10H,12H2,1-4H3,(H,25,27)/b16-8+. The minimum Gasteiger partial charge on any atom is -0.493 e. The maximum Gasteiger partial charge on any atom is 0.343 e. The maximum absolute atomic E-state index is 12.5. The predicted octanol–water partition coefficient (Wildman–Crippen LogP) is 4.06. The summed E-state index contributed by atoms with van der Waals surface area (Å²) in [6.45, 7) is 3.56. The zero-order chi connectivity index (χ0) is 22.3. The summed E-state index contributed by atoms with van der Waals surface area (Å²) in [5, 5.41) is 12.3. The molecule has 0 unspecified atom stereocenters. The second kappa shape index (κ2) is 10.3. The largest absolute Gasteiger partial charge is 0.493 e. The highest BCUT2D eigenvalue weighted by atomic mass is 35.5. The molecule has 30 heavy (non-hydrogen) atoms. The van der Waals surface area contributed by atoms with Crippen molar-refractivity contribution in [2.24, 2.45) is 0 Å². The summed E-state index contributed by atoms with van der Waals surface area (Å²) in [7, 11) is 2.65. The van der Waals surface area contributed by atoms with Gasteiger partial charge in [0, 0.05) is 5.69 Å². The summed E-state index contributed by atoms with van der Waals surface area (Å²) in [6, 6.07) is 10.4. The van der Waals surface area contributed by atoms with Gasteiger partial charge in [0.15, 0.2) is 18.1 Å². The first-order valence-corrected chi connectivity index (χ1v) is 9.24. The topological polar surface area (TPSA) is 97.7 Å². The fraction of sp³-hybridized carbons (Fsp3) is 0.227. The molecular formula is C22H21ClN2O5. The third-order valence-electron chi connectivity index (χ3n) is 4.25. The molecule has 0 bridgehead atoms. The molecule has 1 amide bonds. The average Bonchev–Trinajstić information content (AvgIpc) is 2.72. The Bertz CT molecular complexity index is 1040. The van der Waals surface area contributed by atoms with Crippen LogP contribution in [0.4, 0.5) is 5.69 Å². The lowest BCUT2D eigenvalue weighted by molar-refractivity contribution is -0.142. The number of hydrogen-bond acceptors (Lipinski definition) is 6. The van der Waals surface area contributed by atoms with Crippen LogP contribution in [0.25, 0.3) is 6.08 Å². The number of carbonyl (C=O) groups excluding carboxylic acids is 2. The molecule has 0 aromatic heterocycles. The molecule has 0 heterocycles. The van der Waals surface area contributed by atoms with Crippen LogP contribution in [0.3, 0.4) is 0 Å². The van der Waals surface area contributed by atoms with Gasteiger partial charge in [-0.2, -0.15) is 5.26 Å². The molecule has 0 atom stereocenters. The van der Waals surface area contributed by atoms with Crippen LogP contribution in [-0.2, 0) is 14.3 Å². The Morgan fingerprint density at radius 3 is 2.50 bits per heavy atom. The number of aryl methyl sites for hydroxylation is 2. The van der Waals surface area contributed by atoms with Gasteiger partial charge < -0.3 is 19.5 Å². The third kappa shape index (κ3) is 5.75. The van der Waals surface area contributed by atoms with Crippen LogP contribution in [0.15, 0.2) is 35.9 Å². The number of carbonyl (C=O) groups is 2. The number of rotatable bonds is 7. The van der Waals surface area contributed by atoms with Crippen molar-refractivity contribution in [2.45, 2.75) is 13.8 Å². The normalized spacial score (nSPS) is 10.7. The van der Waals surface area contributed by atoms with Crippen LogP contribution < -0.4 is 14.8 Å². The molecule has 0 saturated heterocycles. The number of methoxy groups -OCH3 is 2. The van der Waals surface area contributed by atoms with Gasteiger partial charge in [-0.3, -0.25) is 4.79 Å². The SMILES string of the molecule is COC(=O)COc1c(Cl)cc(/C=C(\C#N)C(=O)Nc2ccc(C)c(C)c2)cc1OC. The molecule has 0 aliphatic carbocycles. The van der Waals surface area contributed by atoms with Gasteiger partial charge in [-0.05, 0) is 60.9 Å². The average molecular weight is 429 g/mol. The lowest BCUT2D eigenvalue weighted by Gasteiger charge is -2.13. The van der Waals surface area contributed by atoms with Gasteiger partial charge >= 0.3 is 5.97 Å². The predicted molar refractivity (Wildman–Crippen MR) is 114 cm³/mol. The monoisotopic (exact) mass is 428 g/mol. The number of nitrogens with zero attached hydrogens (tertiary/aromatic N) is 1. The summed E-state index contributed by atoms with van der Waals surface area (Å²) >= 11 is 6.24. The van der Waals surface area contributed by atoms with Crippen molar-refractivity contribution in [3.63, 3.8) is 0 Å². The molecule has 0 aliphatic rings. The first-order chi connectivity index (χ1) is 14.3. The molecule has 156 valence electrons. The minimum atomic E-state index is -0.577. The van der Waals surface area contributed by atoms with E-state index < -0.39 is 11.9 Å². The maximum atomic E-state index is 12.5. The Morgan fingerprint density at radius 2 is 1.90 bits per heavy atom. The first kappa shape index (κ1) is 22.8. The molecule has 2 rings (SSSR count). The molecule has 1 N–H and O–H groups in total. The van der Waals surface area contributed by atoms with E-state index in [1.807, 2.05) is 32.0 Å². The van der Waals surface area contributed by atoms with E-state index in [4.69, 9.17) is 21.1 Å². The number of nitriles is 1. The Labute approximate surface area is 179 Å². The zero-order valence-electron chi connectivity index (χ0n) is 17.0. The van der Waals surface area contributed by atoms with Crippen molar-refractivity contribution in [3.05, 3.63) is 57.6 Å². The molecule has 8 heteroatoms. The van der Waals surface area contributed by atoms with Crippen LogP contribution in [0.2, 0.25) is 5.02 Å². The molecule has 7 nitrogen and oxygen atoms in total. The molecule has 0 saturated carbocycles. The molecule has 2 aromatic rings. The van der Waals surface area contributed by atoms with Gasteiger partial charge in [0.05, 0.1) is 19.2 Å². The van der Waals surface area contributed by atoms with Crippen molar-refractivity contribution in [1.29, 1.82) is 5.26 Å². The zero-order valence-corrected chi connectivity index (χ0v) is 17.8. The van der Waals surface area contributed by atoms with Crippen LogP contribution in [0, 0.1) is 25.2 Å². The van der Waals surface area contributed by atoms with Gasteiger partial charge in [-0.15, -0.1) is 0 Å². The van der Waals surface area contributed by atoms with E-state index in [1.165, 1.54) is 26.4 Å². The summed E-state index contributed by atoms with van der Waals surface area (Å²) in [5.74, 6) is -0.738. The second-order valence-electron chi connectivity index (χ2n) is 6.32. The van der Waals surface area contributed by atoms with Crippen molar-refractivity contribution in [1.82, 2.24) is 0 Å². The van der Waals surface area contributed by atoms with E-state index >= 15 is 0 Å². The van der Waals surface area contributed by atoms with E-state index in [2.05, 4.69) is 10.1 Å². The van der Waals surface area contributed by atoms with Gasteiger partial charge in [0.2, 0.25) is 0 Å². The fourth-order valence-electron chi connectivity index (χ4n) is 2.49. The first-order valence-electron chi connectivity index (χ1n) is 8.86. The van der Waals surface area contributed by atoms with E-state index in [-0.39, 0.29) is 28.7 Å². The van der Waals surface area contributed by atoms with Gasteiger partial charge in [-0.25, -0.2) is 4.79 Å². The number of benzene rings is 2. The Hall–Kier alpha value is -3.50. The number of anilines is 1. The Morgan fingerprint density at radius 1 is 1.17 bits per heavy atom. The summed E-state index contributed by atoms with van der Waals surface area (Å²) < 4.78 is 15.1. The number of hydrogen-bond donors (Lipinski definition) is 1. The van der Waals surface area contributed by atoms with Gasteiger partial charge in [-0.1, -0.05) is 17.7 Å². The van der Waals surface area contributed by atoms with Crippen LogP contribution >= 0.6 is 11.6 Å². The molecule has 0 aliphatic heterocycles. The number of esters is 1. The van der Waals surface area contributed by atoms with Crippen molar-refractivity contribution >= 4 is 35.2 Å². The lowest BCUT2D eigenvalue weighted by Crippen LogP contribution is -2.14. The molecule has 0 spiro atoms. The second-order valence-corrected chi connectivity index (χ2v) is 6.73. The molecule has 0 radical (unpaired) electrons. The number of nitrogens with one attached hydrogen (secondary N) is 1. The van der Waals surface area contributed by atoms with Crippen LogP contribution in [0.1, 0.15) is 16.7 Å². The van der Waals surface area contributed by atoms with E-state index in [0.717, 1.165) is 11.1 Å². The number of amides is 1. The van der Waals surface area contributed by atoms with E-state index in [9.17, 15) is 14.9 Å². The molecular weight excluding hydrogens is 408 g/mol. The molecule has 0 fully saturated rings.